The van der Waals surface area contributed by atoms with Crippen LogP contribution in [-0.4, -0.2) is 11.4 Å². The van der Waals surface area contributed by atoms with Crippen molar-refractivity contribution in [1.82, 2.24) is 0 Å². The zero-order valence-corrected chi connectivity index (χ0v) is 6.47. The molecule has 1 aliphatic carbocycles. The molecular formula is C6H4Cl2N2. The van der Waals surface area contributed by atoms with Gasteiger partial charge in [-0.3, -0.25) is 0 Å². The molecule has 52 valence electrons. The third-order valence-electron chi connectivity index (χ3n) is 1.06. The number of rotatable bonds is 0. The minimum atomic E-state index is 0.583. The summed E-state index contributed by atoms with van der Waals surface area (Å²) in [7, 11) is 0. The van der Waals surface area contributed by atoms with E-state index in [0.29, 0.717) is 11.4 Å². The summed E-state index contributed by atoms with van der Waals surface area (Å²) in [5.74, 6) is 0. The first-order valence-corrected chi connectivity index (χ1v) is 3.29. The van der Waals surface area contributed by atoms with E-state index in [9.17, 15) is 0 Å². The lowest BCUT2D eigenvalue weighted by Gasteiger charge is -1.98. The number of hydrogen-bond acceptors (Lipinski definition) is 2. The van der Waals surface area contributed by atoms with Gasteiger partial charge in [-0.15, -0.1) is 0 Å². The maximum atomic E-state index is 5.22. The predicted octanol–water partition coefficient (Wildman–Crippen LogP) is 2.30. The van der Waals surface area contributed by atoms with Gasteiger partial charge in [-0.2, -0.15) is 9.02 Å². The second kappa shape index (κ2) is 3.54. The lowest BCUT2D eigenvalue weighted by Crippen LogP contribution is -2.08. The van der Waals surface area contributed by atoms with Crippen molar-refractivity contribution < 1.29 is 0 Å². The van der Waals surface area contributed by atoms with Crippen LogP contribution >= 0.6 is 23.6 Å². The highest BCUT2D eigenvalue weighted by Crippen LogP contribution is 2.00. The van der Waals surface area contributed by atoms with Crippen LogP contribution in [0.5, 0.6) is 0 Å². The third kappa shape index (κ3) is 1.46. The maximum absolute atomic E-state index is 5.22. The van der Waals surface area contributed by atoms with E-state index in [1.807, 2.05) is 12.2 Å². The summed E-state index contributed by atoms with van der Waals surface area (Å²) in [6.07, 6.45) is 7.09. The number of nitrogens with zero attached hydrogens (tertiary/aromatic N) is 2. The summed E-state index contributed by atoms with van der Waals surface area (Å²) < 4.78 is 6.87. The molecule has 0 fully saturated rings. The molecule has 0 heterocycles. The molecule has 1 aliphatic rings. The van der Waals surface area contributed by atoms with Crippen LogP contribution in [0.2, 0.25) is 0 Å². The molecule has 0 unspecified atom stereocenters. The van der Waals surface area contributed by atoms with Crippen molar-refractivity contribution in [3.63, 3.8) is 0 Å². The Morgan fingerprint density at radius 2 is 1.30 bits per heavy atom. The number of hydrogen-bond donors (Lipinski definition) is 0. The predicted molar refractivity (Wildman–Crippen MR) is 44.9 cm³/mol. The first-order chi connectivity index (χ1) is 4.88. The van der Waals surface area contributed by atoms with Gasteiger partial charge in [0.25, 0.3) is 0 Å². The summed E-state index contributed by atoms with van der Waals surface area (Å²) in [5.41, 5.74) is 1.17. The van der Waals surface area contributed by atoms with Crippen LogP contribution in [0.15, 0.2) is 33.3 Å². The van der Waals surface area contributed by atoms with E-state index in [0.717, 1.165) is 0 Å². The Hall–Kier alpha value is -0.600. The summed E-state index contributed by atoms with van der Waals surface area (Å²) >= 11 is 10.4. The van der Waals surface area contributed by atoms with Crippen molar-refractivity contribution in [3.05, 3.63) is 24.3 Å². The topological polar surface area (TPSA) is 24.7 Å². The molecule has 10 heavy (non-hydrogen) atoms. The Morgan fingerprint density at radius 3 is 1.60 bits per heavy atom. The molecular weight excluding hydrogens is 171 g/mol. The van der Waals surface area contributed by atoms with Crippen LogP contribution in [-0.2, 0) is 0 Å². The van der Waals surface area contributed by atoms with E-state index in [1.165, 1.54) is 0 Å². The van der Waals surface area contributed by atoms with Crippen LogP contribution < -0.4 is 0 Å². The highest BCUT2D eigenvalue weighted by atomic mass is 35.5. The van der Waals surface area contributed by atoms with E-state index in [-0.39, 0.29) is 0 Å². The van der Waals surface area contributed by atoms with E-state index in [1.54, 1.807) is 12.2 Å². The van der Waals surface area contributed by atoms with Gasteiger partial charge in [-0.1, -0.05) is 12.2 Å². The molecule has 0 saturated heterocycles. The Kier molecular flexibility index (Phi) is 2.66. The minimum Gasteiger partial charge on any atom is -0.176 e. The fraction of sp³-hybridized carbons (Fsp3) is 0. The van der Waals surface area contributed by atoms with Crippen molar-refractivity contribution in [1.29, 1.82) is 0 Å². The zero-order valence-electron chi connectivity index (χ0n) is 4.96. The maximum Gasteiger partial charge on any atom is 0.104 e. The van der Waals surface area contributed by atoms with Gasteiger partial charge in [0, 0.05) is 23.6 Å². The molecule has 1 rings (SSSR count). The highest BCUT2D eigenvalue weighted by molar-refractivity contribution is 6.55. The van der Waals surface area contributed by atoms with Gasteiger partial charge in [0.2, 0.25) is 0 Å². The second-order valence-corrected chi connectivity index (χ2v) is 2.00. The lowest BCUT2D eigenvalue weighted by molar-refractivity contribution is 1.79. The van der Waals surface area contributed by atoms with E-state index in [4.69, 9.17) is 23.6 Å². The summed E-state index contributed by atoms with van der Waals surface area (Å²) in [6, 6.07) is 0. The molecule has 0 aromatic heterocycles. The van der Waals surface area contributed by atoms with Crippen molar-refractivity contribution in [2.75, 3.05) is 0 Å². The molecule has 0 aromatic rings. The van der Waals surface area contributed by atoms with Gasteiger partial charge in [0.1, 0.15) is 11.4 Å². The molecule has 0 bridgehead atoms. The van der Waals surface area contributed by atoms with Crippen LogP contribution in [0.4, 0.5) is 0 Å². The average molecular weight is 175 g/mol. The van der Waals surface area contributed by atoms with Gasteiger partial charge < -0.3 is 0 Å². The number of halogens is 2. The minimum absolute atomic E-state index is 0.583. The summed E-state index contributed by atoms with van der Waals surface area (Å²) in [5, 5.41) is 0. The highest BCUT2D eigenvalue weighted by Gasteiger charge is 2.03. The van der Waals surface area contributed by atoms with Crippen molar-refractivity contribution >= 4 is 35.0 Å². The molecule has 0 N–H and O–H groups in total. The molecule has 0 saturated carbocycles. The smallest absolute Gasteiger partial charge is 0.104 e. The largest absolute Gasteiger partial charge is 0.176 e. The monoisotopic (exact) mass is 174 g/mol. The Balaban J connectivity index is 2.96. The van der Waals surface area contributed by atoms with Crippen LogP contribution in [0.25, 0.3) is 0 Å². The SMILES string of the molecule is ClN=C1C=CC=C/C1=N/Cl. The Labute approximate surface area is 68.8 Å². The van der Waals surface area contributed by atoms with Gasteiger partial charge >= 0.3 is 0 Å². The van der Waals surface area contributed by atoms with E-state index in [2.05, 4.69) is 9.02 Å². The molecule has 0 radical (unpaired) electrons. The lowest BCUT2D eigenvalue weighted by atomic mass is 10.1. The number of allylic oxidation sites excluding steroid dienone is 4. The molecule has 2 nitrogen and oxygen atoms in total. The van der Waals surface area contributed by atoms with Crippen molar-refractivity contribution in [3.8, 4) is 0 Å². The molecule has 4 heteroatoms. The third-order valence-corrected chi connectivity index (χ3v) is 1.43. The second-order valence-electron chi connectivity index (χ2n) is 1.66. The fourth-order valence-electron chi connectivity index (χ4n) is 0.607. The van der Waals surface area contributed by atoms with Gasteiger partial charge in [0.05, 0.1) is 0 Å². The normalized spacial score (nSPS) is 24.6. The standard InChI is InChI=1S/C6H4Cl2N2/c7-9-5-3-1-2-4-6(5)10-8/h1-4H/b9-5-,10-6?. The molecule has 0 amide bonds. The van der Waals surface area contributed by atoms with Gasteiger partial charge in [-0.25, -0.2) is 0 Å². The van der Waals surface area contributed by atoms with Crippen LogP contribution in [0.3, 0.4) is 0 Å². The van der Waals surface area contributed by atoms with E-state index >= 15 is 0 Å². The quantitative estimate of drug-likeness (QED) is 0.504. The molecule has 0 aromatic carbocycles. The summed E-state index contributed by atoms with van der Waals surface area (Å²) in [4.78, 5) is 0. The van der Waals surface area contributed by atoms with Crippen LogP contribution in [0, 0.1) is 0 Å². The Morgan fingerprint density at radius 1 is 0.900 bits per heavy atom. The molecule has 0 atom stereocenters. The van der Waals surface area contributed by atoms with E-state index < -0.39 is 0 Å². The van der Waals surface area contributed by atoms with Gasteiger partial charge in [-0.05, 0) is 12.2 Å². The Bertz CT molecular complexity index is 212. The summed E-state index contributed by atoms with van der Waals surface area (Å²) in [6.45, 7) is 0. The van der Waals surface area contributed by atoms with Gasteiger partial charge in [0.15, 0.2) is 0 Å². The van der Waals surface area contributed by atoms with Crippen LogP contribution in [0.1, 0.15) is 0 Å². The molecule has 0 aliphatic heterocycles. The fourth-order valence-corrected chi connectivity index (χ4v) is 0.893. The zero-order chi connectivity index (χ0) is 7.40. The first-order valence-electron chi connectivity index (χ1n) is 2.61. The van der Waals surface area contributed by atoms with Crippen molar-refractivity contribution in [2.45, 2.75) is 0 Å². The van der Waals surface area contributed by atoms with Crippen molar-refractivity contribution in [2.24, 2.45) is 9.02 Å². The first kappa shape index (κ1) is 7.51. The average Bonchev–Trinajstić information content (AvgIpc) is 2.04. The molecule has 0 spiro atoms.